The number of hydrazine groups is 1. The van der Waals surface area contributed by atoms with E-state index in [2.05, 4.69) is 32.7 Å². The smallest absolute Gasteiger partial charge is 0.224 e. The van der Waals surface area contributed by atoms with Crippen LogP contribution < -0.4 is 0 Å². The van der Waals surface area contributed by atoms with Gasteiger partial charge in [0.05, 0.1) is 0 Å². The van der Waals surface area contributed by atoms with Gasteiger partial charge in [-0.15, -0.1) is 0 Å². The van der Waals surface area contributed by atoms with E-state index in [0.717, 1.165) is 6.41 Å². The number of piperidine rings is 1. The molecule has 1 saturated heterocycles. The third kappa shape index (κ3) is 2.42. The average Bonchev–Trinajstić information content (AvgIpc) is 2.75. The molecule has 1 saturated carbocycles. The summed E-state index contributed by atoms with van der Waals surface area (Å²) in [6.45, 7) is 9.11. The number of nitrogens with zero attached hydrogens (tertiary/aromatic N) is 2. The van der Waals surface area contributed by atoms with Crippen molar-refractivity contribution < 1.29 is 4.79 Å². The van der Waals surface area contributed by atoms with Crippen molar-refractivity contribution in [3.05, 3.63) is 0 Å². The Balaban J connectivity index is 2.27. The predicted octanol–water partition coefficient (Wildman–Crippen LogP) is 3.35. The van der Waals surface area contributed by atoms with Gasteiger partial charge in [0.2, 0.25) is 6.41 Å². The lowest BCUT2D eigenvalue weighted by Gasteiger charge is -2.57. The first-order valence-corrected chi connectivity index (χ1v) is 7.42. The second kappa shape index (κ2) is 4.84. The topological polar surface area (TPSA) is 23.6 Å². The normalized spacial score (nSPS) is 28.2. The van der Waals surface area contributed by atoms with Gasteiger partial charge in [0.25, 0.3) is 0 Å². The Morgan fingerprint density at radius 2 is 1.50 bits per heavy atom. The maximum atomic E-state index is 11.7. The fourth-order valence-electron chi connectivity index (χ4n) is 4.08. The van der Waals surface area contributed by atoms with Crippen molar-refractivity contribution in [3.8, 4) is 0 Å². The van der Waals surface area contributed by atoms with Crippen molar-refractivity contribution in [2.24, 2.45) is 0 Å². The zero-order valence-electron chi connectivity index (χ0n) is 12.4. The molecule has 3 heteroatoms. The quantitative estimate of drug-likeness (QED) is 0.719. The summed E-state index contributed by atoms with van der Waals surface area (Å²) >= 11 is 0. The van der Waals surface area contributed by atoms with Crippen LogP contribution in [-0.4, -0.2) is 33.5 Å². The molecule has 1 aliphatic carbocycles. The van der Waals surface area contributed by atoms with Gasteiger partial charge >= 0.3 is 0 Å². The molecule has 2 fully saturated rings. The molecular weight excluding hydrogens is 224 g/mol. The van der Waals surface area contributed by atoms with Crippen LogP contribution in [0.15, 0.2) is 0 Å². The molecule has 0 atom stereocenters. The van der Waals surface area contributed by atoms with Crippen LogP contribution in [0.1, 0.15) is 72.6 Å². The average molecular weight is 252 g/mol. The number of rotatable bonds is 3. The van der Waals surface area contributed by atoms with Gasteiger partial charge in [-0.3, -0.25) is 9.80 Å². The van der Waals surface area contributed by atoms with E-state index >= 15 is 0 Å². The SMILES string of the molecule is CC1(C)CCCC(C)(C)N1N(C=O)C1CCCC1. The highest BCUT2D eigenvalue weighted by molar-refractivity contribution is 5.47. The lowest BCUT2D eigenvalue weighted by Crippen LogP contribution is -2.66. The van der Waals surface area contributed by atoms with Crippen LogP contribution in [0.3, 0.4) is 0 Å². The fraction of sp³-hybridized carbons (Fsp3) is 0.933. The Hall–Kier alpha value is -0.570. The summed E-state index contributed by atoms with van der Waals surface area (Å²) in [7, 11) is 0. The Bertz CT molecular complexity index is 290. The molecule has 18 heavy (non-hydrogen) atoms. The maximum Gasteiger partial charge on any atom is 0.224 e. The molecule has 1 aliphatic heterocycles. The van der Waals surface area contributed by atoms with Crippen LogP contribution in [0.25, 0.3) is 0 Å². The minimum atomic E-state index is 0.0885. The predicted molar refractivity (Wildman–Crippen MR) is 74.0 cm³/mol. The third-order valence-electron chi connectivity index (χ3n) is 4.76. The molecule has 0 aromatic heterocycles. The molecule has 0 spiro atoms. The third-order valence-corrected chi connectivity index (χ3v) is 4.76. The minimum Gasteiger partial charge on any atom is -0.277 e. The largest absolute Gasteiger partial charge is 0.277 e. The standard InChI is InChI=1S/C15H28N2O/c1-14(2)10-7-11-15(3,4)17(14)16(12-18)13-8-5-6-9-13/h12-13H,5-11H2,1-4H3. The van der Waals surface area contributed by atoms with Crippen molar-refractivity contribution in [2.45, 2.75) is 89.8 Å². The van der Waals surface area contributed by atoms with E-state index in [-0.39, 0.29) is 11.1 Å². The first kappa shape index (κ1) is 13.9. The highest BCUT2D eigenvalue weighted by Gasteiger charge is 2.46. The van der Waals surface area contributed by atoms with Gasteiger partial charge in [-0.1, -0.05) is 12.8 Å². The lowest BCUT2D eigenvalue weighted by molar-refractivity contribution is -0.196. The second-order valence-corrected chi connectivity index (χ2v) is 7.21. The summed E-state index contributed by atoms with van der Waals surface area (Å²) in [6, 6.07) is 0.430. The molecule has 104 valence electrons. The van der Waals surface area contributed by atoms with Gasteiger partial charge in [0, 0.05) is 17.1 Å². The molecular formula is C15H28N2O. The van der Waals surface area contributed by atoms with E-state index in [0.29, 0.717) is 6.04 Å². The molecule has 2 aliphatic rings. The summed E-state index contributed by atoms with van der Waals surface area (Å²) in [4.78, 5) is 11.7. The molecule has 0 radical (unpaired) electrons. The van der Waals surface area contributed by atoms with Crippen molar-refractivity contribution >= 4 is 6.41 Å². The van der Waals surface area contributed by atoms with Crippen LogP contribution in [0.4, 0.5) is 0 Å². The van der Waals surface area contributed by atoms with Gasteiger partial charge < -0.3 is 0 Å². The molecule has 1 amide bonds. The molecule has 0 N–H and O–H groups in total. The summed E-state index contributed by atoms with van der Waals surface area (Å²) in [5, 5.41) is 4.42. The first-order chi connectivity index (χ1) is 8.38. The summed E-state index contributed by atoms with van der Waals surface area (Å²) in [6.07, 6.45) is 9.55. The molecule has 0 bridgehead atoms. The lowest BCUT2D eigenvalue weighted by atomic mass is 9.81. The highest BCUT2D eigenvalue weighted by Crippen LogP contribution is 2.41. The van der Waals surface area contributed by atoms with Crippen molar-refractivity contribution in [1.29, 1.82) is 0 Å². The van der Waals surface area contributed by atoms with Gasteiger partial charge in [-0.25, -0.2) is 5.01 Å². The fourth-order valence-corrected chi connectivity index (χ4v) is 4.08. The van der Waals surface area contributed by atoms with Crippen molar-refractivity contribution in [3.63, 3.8) is 0 Å². The van der Waals surface area contributed by atoms with Gasteiger partial charge in [-0.05, 0) is 59.8 Å². The molecule has 0 aromatic rings. The highest BCUT2D eigenvalue weighted by atomic mass is 16.2. The van der Waals surface area contributed by atoms with Crippen molar-refractivity contribution in [1.82, 2.24) is 10.0 Å². The van der Waals surface area contributed by atoms with E-state index in [9.17, 15) is 4.79 Å². The molecule has 1 heterocycles. The number of carbonyl (C=O) groups excluding carboxylic acids is 1. The number of carbonyl (C=O) groups is 1. The van der Waals surface area contributed by atoms with Gasteiger partial charge in [0.1, 0.15) is 0 Å². The molecule has 3 nitrogen and oxygen atoms in total. The van der Waals surface area contributed by atoms with Crippen LogP contribution in [0.2, 0.25) is 0 Å². The first-order valence-electron chi connectivity index (χ1n) is 7.42. The monoisotopic (exact) mass is 252 g/mol. The number of amides is 1. The summed E-state index contributed by atoms with van der Waals surface area (Å²) < 4.78 is 0. The van der Waals surface area contributed by atoms with Crippen LogP contribution >= 0.6 is 0 Å². The Morgan fingerprint density at radius 1 is 1.00 bits per heavy atom. The van der Waals surface area contributed by atoms with E-state index in [1.165, 1.54) is 44.9 Å². The summed E-state index contributed by atoms with van der Waals surface area (Å²) in [5.74, 6) is 0. The molecule has 2 rings (SSSR count). The zero-order valence-corrected chi connectivity index (χ0v) is 12.4. The second-order valence-electron chi connectivity index (χ2n) is 7.21. The zero-order chi connectivity index (χ0) is 13.4. The van der Waals surface area contributed by atoms with Crippen LogP contribution in [0.5, 0.6) is 0 Å². The Kier molecular flexibility index (Phi) is 3.72. The summed E-state index contributed by atoms with van der Waals surface area (Å²) in [5.41, 5.74) is 0.177. The van der Waals surface area contributed by atoms with Gasteiger partial charge in [0.15, 0.2) is 0 Å². The Labute approximate surface area is 111 Å². The van der Waals surface area contributed by atoms with Gasteiger partial charge in [-0.2, -0.15) is 0 Å². The number of hydrogen-bond acceptors (Lipinski definition) is 2. The molecule has 0 aromatic carbocycles. The molecule has 0 unspecified atom stereocenters. The Morgan fingerprint density at radius 3 is 1.94 bits per heavy atom. The van der Waals surface area contributed by atoms with E-state index in [4.69, 9.17) is 0 Å². The van der Waals surface area contributed by atoms with Crippen LogP contribution in [0, 0.1) is 0 Å². The van der Waals surface area contributed by atoms with E-state index < -0.39 is 0 Å². The number of hydrogen-bond donors (Lipinski definition) is 0. The van der Waals surface area contributed by atoms with E-state index in [1.807, 2.05) is 5.01 Å². The minimum absolute atomic E-state index is 0.0885. The van der Waals surface area contributed by atoms with Crippen molar-refractivity contribution in [2.75, 3.05) is 0 Å². The van der Waals surface area contributed by atoms with Crippen LogP contribution in [-0.2, 0) is 4.79 Å². The van der Waals surface area contributed by atoms with E-state index in [1.54, 1.807) is 0 Å². The maximum absolute atomic E-state index is 11.7.